The van der Waals surface area contributed by atoms with Gasteiger partial charge in [0, 0.05) is 11.4 Å². The number of aromatic nitrogens is 2. The lowest BCUT2D eigenvalue weighted by molar-refractivity contribution is 0.322. The minimum atomic E-state index is -0.212. The Hall–Kier alpha value is -1.39. The lowest BCUT2D eigenvalue weighted by atomic mass is 10.1. The Morgan fingerprint density at radius 2 is 1.94 bits per heavy atom. The Morgan fingerprint density at radius 1 is 1.28 bits per heavy atom. The highest BCUT2D eigenvalue weighted by Gasteiger charge is 2.17. The molecule has 0 aliphatic carbocycles. The van der Waals surface area contributed by atoms with Crippen molar-refractivity contribution in [1.29, 1.82) is 0 Å². The van der Waals surface area contributed by atoms with E-state index in [0.29, 0.717) is 18.1 Å². The van der Waals surface area contributed by atoms with Crippen LogP contribution < -0.4 is 5.73 Å². The lowest BCUT2D eigenvalue weighted by Crippen LogP contribution is -2.17. The van der Waals surface area contributed by atoms with Gasteiger partial charge in [-0.05, 0) is 23.6 Å². The van der Waals surface area contributed by atoms with Gasteiger partial charge in [-0.25, -0.2) is 0 Å². The van der Waals surface area contributed by atoms with E-state index in [2.05, 4.69) is 10.1 Å². The van der Waals surface area contributed by atoms with Crippen LogP contribution in [0.3, 0.4) is 0 Å². The molecule has 4 nitrogen and oxygen atoms in total. The van der Waals surface area contributed by atoms with E-state index in [-0.39, 0.29) is 12.0 Å². The Labute approximate surface area is 111 Å². The van der Waals surface area contributed by atoms with Crippen molar-refractivity contribution < 1.29 is 4.52 Å². The molecule has 0 aliphatic rings. The summed E-state index contributed by atoms with van der Waals surface area (Å²) in [6.45, 7) is 4.04. The lowest BCUT2D eigenvalue weighted by Gasteiger charge is -2.09. The van der Waals surface area contributed by atoms with Crippen LogP contribution in [0.4, 0.5) is 0 Å². The van der Waals surface area contributed by atoms with Crippen LogP contribution in [0, 0.1) is 5.92 Å². The van der Waals surface area contributed by atoms with Gasteiger partial charge in [0.1, 0.15) is 0 Å². The molecule has 0 saturated carbocycles. The largest absolute Gasteiger partial charge is 0.338 e. The number of rotatable bonds is 4. The molecule has 0 bridgehead atoms. The van der Waals surface area contributed by atoms with E-state index >= 15 is 0 Å². The molecular formula is C13H16ClN3O. The summed E-state index contributed by atoms with van der Waals surface area (Å²) < 4.78 is 5.17. The average molecular weight is 266 g/mol. The molecule has 18 heavy (non-hydrogen) atoms. The molecule has 0 saturated heterocycles. The van der Waals surface area contributed by atoms with Gasteiger partial charge in [0.2, 0.25) is 5.89 Å². The number of nitrogens with two attached hydrogens (primary N) is 1. The fourth-order valence-corrected chi connectivity index (χ4v) is 1.67. The fraction of sp³-hybridized carbons (Fsp3) is 0.385. The number of hydrogen-bond donors (Lipinski definition) is 1. The zero-order valence-electron chi connectivity index (χ0n) is 10.4. The standard InChI is InChI=1S/C13H16ClN3O/c1-8(2)12(15)13-16-11(17-18-13)7-9-3-5-10(14)6-4-9/h3-6,8,12H,7,15H2,1-2H3/t12-/m1/s1. The van der Waals surface area contributed by atoms with Crippen LogP contribution in [0.25, 0.3) is 0 Å². The minimum absolute atomic E-state index is 0.212. The first kappa shape index (κ1) is 13.1. The first-order valence-corrected chi connectivity index (χ1v) is 6.26. The molecule has 1 aromatic carbocycles. The second kappa shape index (κ2) is 5.50. The van der Waals surface area contributed by atoms with E-state index in [1.807, 2.05) is 38.1 Å². The Balaban J connectivity index is 2.09. The third-order valence-corrected chi connectivity index (χ3v) is 3.01. The highest BCUT2D eigenvalue weighted by molar-refractivity contribution is 6.30. The molecular weight excluding hydrogens is 250 g/mol. The smallest absolute Gasteiger partial charge is 0.243 e. The van der Waals surface area contributed by atoms with E-state index in [4.69, 9.17) is 21.9 Å². The maximum absolute atomic E-state index is 5.95. The van der Waals surface area contributed by atoms with Gasteiger partial charge in [-0.2, -0.15) is 4.98 Å². The maximum atomic E-state index is 5.95. The summed E-state index contributed by atoms with van der Waals surface area (Å²) >= 11 is 5.83. The van der Waals surface area contributed by atoms with Crippen molar-refractivity contribution in [2.75, 3.05) is 0 Å². The fourth-order valence-electron chi connectivity index (χ4n) is 1.54. The third-order valence-electron chi connectivity index (χ3n) is 2.76. The van der Waals surface area contributed by atoms with Gasteiger partial charge in [0.15, 0.2) is 5.82 Å². The van der Waals surface area contributed by atoms with Gasteiger partial charge in [-0.3, -0.25) is 0 Å². The summed E-state index contributed by atoms with van der Waals surface area (Å²) in [6.07, 6.45) is 0.617. The van der Waals surface area contributed by atoms with Crippen molar-refractivity contribution in [1.82, 2.24) is 10.1 Å². The van der Waals surface area contributed by atoms with Crippen LogP contribution in [0.2, 0.25) is 5.02 Å². The summed E-state index contributed by atoms with van der Waals surface area (Å²) in [4.78, 5) is 4.31. The second-order valence-electron chi connectivity index (χ2n) is 4.62. The van der Waals surface area contributed by atoms with E-state index in [9.17, 15) is 0 Å². The van der Waals surface area contributed by atoms with Gasteiger partial charge in [-0.15, -0.1) is 0 Å². The molecule has 1 aromatic heterocycles. The van der Waals surface area contributed by atoms with E-state index in [0.717, 1.165) is 10.6 Å². The molecule has 2 aromatic rings. The van der Waals surface area contributed by atoms with Crippen LogP contribution in [0.15, 0.2) is 28.8 Å². The molecule has 2 N–H and O–H groups in total. The second-order valence-corrected chi connectivity index (χ2v) is 5.06. The van der Waals surface area contributed by atoms with Crippen LogP contribution in [0.5, 0.6) is 0 Å². The van der Waals surface area contributed by atoms with Crippen LogP contribution in [-0.4, -0.2) is 10.1 Å². The SMILES string of the molecule is CC(C)[C@@H](N)c1nc(Cc2ccc(Cl)cc2)no1. The highest BCUT2D eigenvalue weighted by atomic mass is 35.5. The normalized spacial score (nSPS) is 12.9. The van der Waals surface area contributed by atoms with Gasteiger partial charge in [-0.1, -0.05) is 42.7 Å². The first-order chi connectivity index (χ1) is 8.56. The molecule has 2 rings (SSSR count). The minimum Gasteiger partial charge on any atom is -0.338 e. The zero-order chi connectivity index (χ0) is 13.1. The van der Waals surface area contributed by atoms with Crippen molar-refractivity contribution in [2.24, 2.45) is 11.7 Å². The van der Waals surface area contributed by atoms with Crippen molar-refractivity contribution >= 4 is 11.6 Å². The van der Waals surface area contributed by atoms with Crippen LogP contribution in [-0.2, 0) is 6.42 Å². The summed E-state index contributed by atoms with van der Waals surface area (Å²) in [7, 11) is 0. The van der Waals surface area contributed by atoms with E-state index in [1.54, 1.807) is 0 Å². The number of halogens is 1. The van der Waals surface area contributed by atoms with Gasteiger partial charge >= 0.3 is 0 Å². The summed E-state index contributed by atoms with van der Waals surface area (Å²) in [6, 6.07) is 7.37. The first-order valence-electron chi connectivity index (χ1n) is 5.89. The van der Waals surface area contributed by atoms with E-state index < -0.39 is 0 Å². The van der Waals surface area contributed by atoms with Crippen LogP contribution >= 0.6 is 11.6 Å². The Bertz CT molecular complexity index is 507. The van der Waals surface area contributed by atoms with Gasteiger partial charge < -0.3 is 10.3 Å². The molecule has 0 radical (unpaired) electrons. The predicted molar refractivity (Wildman–Crippen MR) is 70.3 cm³/mol. The number of benzene rings is 1. The maximum Gasteiger partial charge on any atom is 0.243 e. The third kappa shape index (κ3) is 3.09. The average Bonchev–Trinajstić information content (AvgIpc) is 2.79. The molecule has 0 aliphatic heterocycles. The molecule has 0 unspecified atom stereocenters. The molecule has 0 spiro atoms. The van der Waals surface area contributed by atoms with Crippen LogP contribution in [0.1, 0.15) is 37.2 Å². The summed E-state index contributed by atoms with van der Waals surface area (Å²) in [5.74, 6) is 1.41. The molecule has 0 fully saturated rings. The molecule has 0 amide bonds. The van der Waals surface area contributed by atoms with Crippen molar-refractivity contribution in [2.45, 2.75) is 26.3 Å². The van der Waals surface area contributed by atoms with Crippen molar-refractivity contribution in [3.05, 3.63) is 46.6 Å². The predicted octanol–water partition coefficient (Wildman–Crippen LogP) is 2.97. The van der Waals surface area contributed by atoms with Gasteiger partial charge in [0.25, 0.3) is 0 Å². The number of nitrogens with zero attached hydrogens (tertiary/aromatic N) is 2. The summed E-state index contributed by atoms with van der Waals surface area (Å²) in [5, 5.41) is 4.66. The quantitative estimate of drug-likeness (QED) is 0.923. The molecule has 96 valence electrons. The van der Waals surface area contributed by atoms with Crippen molar-refractivity contribution in [3.63, 3.8) is 0 Å². The van der Waals surface area contributed by atoms with E-state index in [1.165, 1.54) is 0 Å². The zero-order valence-corrected chi connectivity index (χ0v) is 11.2. The molecule has 1 heterocycles. The Kier molecular flexibility index (Phi) is 3.99. The number of hydrogen-bond acceptors (Lipinski definition) is 4. The van der Waals surface area contributed by atoms with Crippen molar-refractivity contribution in [3.8, 4) is 0 Å². The summed E-state index contributed by atoms with van der Waals surface area (Å²) in [5.41, 5.74) is 7.04. The Morgan fingerprint density at radius 3 is 2.56 bits per heavy atom. The molecule has 5 heteroatoms. The molecule has 1 atom stereocenters. The monoisotopic (exact) mass is 265 g/mol. The topological polar surface area (TPSA) is 64.9 Å². The highest BCUT2D eigenvalue weighted by Crippen LogP contribution is 2.18. The van der Waals surface area contributed by atoms with Gasteiger partial charge in [0.05, 0.1) is 6.04 Å².